The lowest BCUT2D eigenvalue weighted by Gasteiger charge is -1.94. The molecule has 0 fully saturated rings. The van der Waals surface area contributed by atoms with Crippen LogP contribution in [0.2, 0.25) is 0 Å². The second-order valence-corrected chi connectivity index (χ2v) is 6.71. The van der Waals surface area contributed by atoms with E-state index < -0.39 is 0 Å². The Kier molecular flexibility index (Phi) is 4.31. The Bertz CT molecular complexity index is 518. The van der Waals surface area contributed by atoms with Gasteiger partial charge in [0.15, 0.2) is 10.1 Å². The molecule has 90 valence electrons. The van der Waals surface area contributed by atoms with Gasteiger partial charge in [0.25, 0.3) is 0 Å². The minimum atomic E-state index is 0.168. The first kappa shape index (κ1) is 12.7. The topological polar surface area (TPSA) is 42.9 Å². The summed E-state index contributed by atoms with van der Waals surface area (Å²) in [6.45, 7) is 4.03. The fraction of sp³-hybridized carbons (Fsp3) is 0.364. The number of rotatable bonds is 5. The fourth-order valence-corrected chi connectivity index (χ4v) is 3.70. The molecule has 2 aromatic heterocycles. The summed E-state index contributed by atoms with van der Waals surface area (Å²) in [7, 11) is 0. The molecule has 0 radical (unpaired) electrons. The van der Waals surface area contributed by atoms with Crippen LogP contribution in [0.25, 0.3) is 0 Å². The lowest BCUT2D eigenvalue weighted by Crippen LogP contribution is -1.98. The molecule has 3 nitrogen and oxygen atoms in total. The number of Topliss-reactive ketones (excluding diaryl/α,β-unsaturated/α-hetero) is 1. The van der Waals surface area contributed by atoms with Gasteiger partial charge in [0, 0.05) is 11.3 Å². The van der Waals surface area contributed by atoms with E-state index in [9.17, 15) is 4.79 Å². The Morgan fingerprint density at radius 1 is 1.47 bits per heavy atom. The van der Waals surface area contributed by atoms with Gasteiger partial charge < -0.3 is 0 Å². The van der Waals surface area contributed by atoms with Crippen molar-refractivity contribution in [2.24, 2.45) is 0 Å². The normalized spacial score (nSPS) is 10.7. The number of carbonyl (C=O) groups excluding carboxylic acids is 1. The Hall–Kier alpha value is -0.720. The number of hydrogen-bond acceptors (Lipinski definition) is 6. The van der Waals surface area contributed by atoms with Crippen LogP contribution in [0.4, 0.5) is 0 Å². The van der Waals surface area contributed by atoms with Crippen molar-refractivity contribution in [3.05, 3.63) is 27.7 Å². The highest BCUT2D eigenvalue weighted by atomic mass is 32.2. The van der Waals surface area contributed by atoms with Crippen LogP contribution in [0.5, 0.6) is 0 Å². The minimum Gasteiger partial charge on any atom is -0.292 e. The molecule has 2 rings (SSSR count). The average Bonchev–Trinajstić information content (AvgIpc) is 2.94. The van der Waals surface area contributed by atoms with E-state index in [4.69, 9.17) is 0 Å². The summed E-state index contributed by atoms with van der Waals surface area (Å²) in [6.07, 6.45) is 0.842. The second kappa shape index (κ2) is 5.75. The summed E-state index contributed by atoms with van der Waals surface area (Å²) in [5, 5.41) is 0. The fourth-order valence-electron chi connectivity index (χ4n) is 1.22. The Morgan fingerprint density at radius 3 is 2.88 bits per heavy atom. The van der Waals surface area contributed by atoms with Gasteiger partial charge in [-0.1, -0.05) is 18.7 Å². The van der Waals surface area contributed by atoms with Gasteiger partial charge in [-0.05, 0) is 30.6 Å². The van der Waals surface area contributed by atoms with Crippen LogP contribution in [-0.4, -0.2) is 20.9 Å². The van der Waals surface area contributed by atoms with Crippen LogP contribution < -0.4 is 0 Å². The van der Waals surface area contributed by atoms with Gasteiger partial charge in [0.05, 0.1) is 10.6 Å². The van der Waals surface area contributed by atoms with Crippen LogP contribution in [0, 0.1) is 6.92 Å². The molecule has 0 saturated carbocycles. The van der Waals surface area contributed by atoms with Crippen molar-refractivity contribution in [1.82, 2.24) is 9.36 Å². The van der Waals surface area contributed by atoms with Crippen molar-refractivity contribution in [2.75, 3.05) is 5.75 Å². The SMILES string of the molecule is CCc1nsc(SCC(=O)c2ccc(C)s2)n1. The summed E-state index contributed by atoms with van der Waals surface area (Å²) >= 11 is 4.39. The zero-order valence-corrected chi connectivity index (χ0v) is 12.0. The minimum absolute atomic E-state index is 0.168. The molecular weight excluding hydrogens is 272 g/mol. The maximum atomic E-state index is 11.9. The summed E-state index contributed by atoms with van der Waals surface area (Å²) in [6, 6.07) is 3.86. The highest BCUT2D eigenvalue weighted by Crippen LogP contribution is 2.23. The predicted molar refractivity (Wildman–Crippen MR) is 73.4 cm³/mol. The van der Waals surface area contributed by atoms with Crippen LogP contribution in [0.1, 0.15) is 27.3 Å². The number of aryl methyl sites for hydroxylation is 2. The highest BCUT2D eigenvalue weighted by Gasteiger charge is 2.10. The highest BCUT2D eigenvalue weighted by molar-refractivity contribution is 8.01. The van der Waals surface area contributed by atoms with E-state index in [1.54, 1.807) is 11.3 Å². The molecule has 17 heavy (non-hydrogen) atoms. The van der Waals surface area contributed by atoms with E-state index >= 15 is 0 Å². The number of ketones is 1. The molecule has 0 aliphatic rings. The van der Waals surface area contributed by atoms with Crippen molar-refractivity contribution < 1.29 is 4.79 Å². The van der Waals surface area contributed by atoms with Gasteiger partial charge in [-0.3, -0.25) is 4.79 Å². The van der Waals surface area contributed by atoms with Crippen molar-refractivity contribution in [3.8, 4) is 0 Å². The molecule has 0 atom stereocenters. The summed E-state index contributed by atoms with van der Waals surface area (Å²) < 4.78 is 5.07. The predicted octanol–water partition coefficient (Wildman–Crippen LogP) is 3.45. The molecule has 0 N–H and O–H groups in total. The quantitative estimate of drug-likeness (QED) is 0.623. The van der Waals surface area contributed by atoms with E-state index in [0.29, 0.717) is 5.75 Å². The number of hydrogen-bond donors (Lipinski definition) is 0. The standard InChI is InChI=1S/C11H12N2OS3/c1-3-10-12-11(17-13-10)15-6-8(14)9-5-4-7(2)16-9/h4-5H,3,6H2,1-2H3. The third-order valence-corrected chi connectivity index (χ3v) is 5.02. The van der Waals surface area contributed by atoms with E-state index in [1.165, 1.54) is 28.2 Å². The third kappa shape index (κ3) is 3.37. The van der Waals surface area contributed by atoms with Crippen molar-refractivity contribution in [3.63, 3.8) is 0 Å². The van der Waals surface area contributed by atoms with Gasteiger partial charge in [-0.15, -0.1) is 11.3 Å². The molecule has 0 amide bonds. The van der Waals surface area contributed by atoms with Crippen LogP contribution >= 0.6 is 34.6 Å². The van der Waals surface area contributed by atoms with Gasteiger partial charge in [-0.2, -0.15) is 4.37 Å². The number of carbonyl (C=O) groups is 1. The summed E-state index contributed by atoms with van der Waals surface area (Å²) in [4.78, 5) is 18.2. The van der Waals surface area contributed by atoms with Gasteiger partial charge in [-0.25, -0.2) is 4.98 Å². The largest absolute Gasteiger partial charge is 0.292 e. The summed E-state index contributed by atoms with van der Waals surface area (Å²) in [5.74, 6) is 1.47. The average molecular weight is 284 g/mol. The van der Waals surface area contributed by atoms with Crippen LogP contribution in [-0.2, 0) is 6.42 Å². The number of thioether (sulfide) groups is 1. The molecule has 0 aliphatic heterocycles. The second-order valence-electron chi connectivity index (χ2n) is 3.45. The Labute approximate surface area is 112 Å². The molecule has 0 unspecified atom stereocenters. The summed E-state index contributed by atoms with van der Waals surface area (Å²) in [5.41, 5.74) is 0. The molecule has 0 aliphatic carbocycles. The van der Waals surface area contributed by atoms with Crippen molar-refractivity contribution >= 4 is 40.4 Å². The molecule has 6 heteroatoms. The van der Waals surface area contributed by atoms with E-state index in [1.807, 2.05) is 26.0 Å². The van der Waals surface area contributed by atoms with E-state index in [2.05, 4.69) is 9.36 Å². The van der Waals surface area contributed by atoms with E-state index in [0.717, 1.165) is 21.5 Å². The molecule has 2 heterocycles. The number of thiophene rings is 1. The lowest BCUT2D eigenvalue weighted by atomic mass is 10.3. The molecule has 2 aromatic rings. The van der Waals surface area contributed by atoms with Gasteiger partial charge in [0.2, 0.25) is 0 Å². The van der Waals surface area contributed by atoms with E-state index in [-0.39, 0.29) is 5.78 Å². The molecule has 0 spiro atoms. The van der Waals surface area contributed by atoms with Crippen molar-refractivity contribution in [1.29, 1.82) is 0 Å². The lowest BCUT2D eigenvalue weighted by molar-refractivity contribution is 0.102. The third-order valence-electron chi connectivity index (χ3n) is 2.11. The number of aromatic nitrogens is 2. The molecular formula is C11H12N2OS3. The Balaban J connectivity index is 1.92. The molecule has 0 saturated heterocycles. The van der Waals surface area contributed by atoms with Crippen LogP contribution in [0.3, 0.4) is 0 Å². The Morgan fingerprint density at radius 2 is 2.29 bits per heavy atom. The van der Waals surface area contributed by atoms with Gasteiger partial charge in [0.1, 0.15) is 5.82 Å². The molecule has 0 bridgehead atoms. The molecule has 0 aromatic carbocycles. The zero-order chi connectivity index (χ0) is 12.3. The van der Waals surface area contributed by atoms with Crippen LogP contribution in [0.15, 0.2) is 16.5 Å². The number of nitrogens with zero attached hydrogens (tertiary/aromatic N) is 2. The smallest absolute Gasteiger partial charge is 0.183 e. The maximum Gasteiger partial charge on any atom is 0.183 e. The van der Waals surface area contributed by atoms with Gasteiger partial charge >= 0.3 is 0 Å². The monoisotopic (exact) mass is 284 g/mol. The van der Waals surface area contributed by atoms with Crippen molar-refractivity contribution in [2.45, 2.75) is 24.6 Å². The first-order valence-corrected chi connectivity index (χ1v) is 7.81. The zero-order valence-electron chi connectivity index (χ0n) is 9.60. The maximum absolute atomic E-state index is 11.9. The first-order valence-electron chi connectivity index (χ1n) is 5.24. The first-order chi connectivity index (χ1) is 8.19.